The largest absolute Gasteiger partial charge is 0.455 e. The van der Waals surface area contributed by atoms with Gasteiger partial charge in [-0.05, 0) is 78.9 Å². The standard InChI is InChI=1S/C32H50O5/c1-18(2)27(36)24(37-20(4)33)16-19(3)21-10-14-31(8)22(21)17-23(34)28-30(7)13-12-26(35)29(5,6)25(30)11-15-32(28,31)9/h18-19,23-25,28,34H,10-17H2,1-9H3/t19-,23+,24+,25+,28+,30+,31+,32+/m1/s1. The Kier molecular flexibility index (Phi) is 7.18. The third-order valence-electron chi connectivity index (χ3n) is 12.0. The van der Waals surface area contributed by atoms with E-state index >= 15 is 0 Å². The molecule has 0 aliphatic heterocycles. The number of esters is 1. The van der Waals surface area contributed by atoms with E-state index in [0.29, 0.717) is 31.0 Å². The lowest BCUT2D eigenvalue weighted by atomic mass is 9.36. The van der Waals surface area contributed by atoms with E-state index in [0.717, 1.165) is 32.1 Å². The molecule has 3 saturated carbocycles. The lowest BCUT2D eigenvalue weighted by Gasteiger charge is -2.69. The number of hydrogen-bond acceptors (Lipinski definition) is 5. The summed E-state index contributed by atoms with van der Waals surface area (Å²) in [6, 6.07) is 0. The van der Waals surface area contributed by atoms with E-state index in [1.807, 2.05) is 13.8 Å². The molecule has 5 nitrogen and oxygen atoms in total. The van der Waals surface area contributed by atoms with Crippen LogP contribution in [0.4, 0.5) is 0 Å². The highest BCUT2D eigenvalue weighted by Crippen LogP contribution is 2.74. The number of carbonyl (C=O) groups excluding carboxylic acids is 3. The van der Waals surface area contributed by atoms with E-state index in [9.17, 15) is 19.5 Å². The van der Waals surface area contributed by atoms with Crippen molar-refractivity contribution >= 4 is 17.5 Å². The molecule has 0 radical (unpaired) electrons. The summed E-state index contributed by atoms with van der Waals surface area (Å²) in [5, 5.41) is 11.9. The van der Waals surface area contributed by atoms with Crippen LogP contribution >= 0.6 is 0 Å². The summed E-state index contributed by atoms with van der Waals surface area (Å²) in [7, 11) is 0. The number of allylic oxidation sites excluding steroid dienone is 1. The van der Waals surface area contributed by atoms with Crippen molar-refractivity contribution in [2.45, 2.75) is 126 Å². The average Bonchev–Trinajstić information content (AvgIpc) is 3.13. The Balaban J connectivity index is 1.69. The van der Waals surface area contributed by atoms with Gasteiger partial charge in [-0.2, -0.15) is 0 Å². The zero-order valence-electron chi connectivity index (χ0n) is 24.7. The molecule has 3 fully saturated rings. The summed E-state index contributed by atoms with van der Waals surface area (Å²) in [5.74, 6) is 0.314. The lowest BCUT2D eigenvalue weighted by Crippen LogP contribution is -2.65. The lowest BCUT2D eigenvalue weighted by molar-refractivity contribution is -0.208. The van der Waals surface area contributed by atoms with Crippen LogP contribution in [-0.2, 0) is 19.1 Å². The molecule has 0 aromatic rings. The Hall–Kier alpha value is -1.49. The van der Waals surface area contributed by atoms with Crippen LogP contribution in [0.5, 0.6) is 0 Å². The Labute approximate surface area is 224 Å². The number of rotatable bonds is 6. The van der Waals surface area contributed by atoms with Crippen molar-refractivity contribution in [3.05, 3.63) is 11.1 Å². The summed E-state index contributed by atoms with van der Waals surface area (Å²) in [4.78, 5) is 37.5. The van der Waals surface area contributed by atoms with Crippen LogP contribution < -0.4 is 0 Å². The highest BCUT2D eigenvalue weighted by molar-refractivity contribution is 5.87. The molecule has 4 aliphatic rings. The maximum Gasteiger partial charge on any atom is 0.303 e. The van der Waals surface area contributed by atoms with Crippen LogP contribution in [0.1, 0.15) is 114 Å². The second kappa shape index (κ2) is 9.31. The molecule has 0 aromatic heterocycles. The van der Waals surface area contributed by atoms with Gasteiger partial charge < -0.3 is 9.84 Å². The topological polar surface area (TPSA) is 80.7 Å². The minimum Gasteiger partial charge on any atom is -0.455 e. The molecule has 0 bridgehead atoms. The number of ketones is 2. The molecule has 0 heterocycles. The van der Waals surface area contributed by atoms with Crippen LogP contribution in [0, 0.1) is 45.3 Å². The molecular weight excluding hydrogens is 464 g/mol. The quantitative estimate of drug-likeness (QED) is 0.325. The first-order chi connectivity index (χ1) is 17.0. The van der Waals surface area contributed by atoms with Crippen LogP contribution in [0.25, 0.3) is 0 Å². The minimum atomic E-state index is -0.722. The van der Waals surface area contributed by atoms with Crippen LogP contribution in [0.3, 0.4) is 0 Å². The average molecular weight is 515 g/mol. The van der Waals surface area contributed by atoms with Crippen LogP contribution in [0.15, 0.2) is 11.1 Å². The Bertz CT molecular complexity index is 1010. The van der Waals surface area contributed by atoms with Gasteiger partial charge >= 0.3 is 5.97 Å². The summed E-state index contributed by atoms with van der Waals surface area (Å²) in [6.45, 7) is 18.7. The molecule has 0 aromatic carbocycles. The number of carbonyl (C=O) groups is 3. The zero-order valence-corrected chi connectivity index (χ0v) is 24.7. The number of fused-ring (bicyclic) bond motifs is 5. The van der Waals surface area contributed by atoms with Gasteiger partial charge in [0, 0.05) is 24.7 Å². The van der Waals surface area contributed by atoms with E-state index < -0.39 is 18.2 Å². The molecule has 0 spiro atoms. The van der Waals surface area contributed by atoms with Crippen molar-refractivity contribution in [3.8, 4) is 0 Å². The maximum absolute atomic E-state index is 12.9. The molecule has 208 valence electrons. The Morgan fingerprint density at radius 3 is 2.27 bits per heavy atom. The summed E-state index contributed by atoms with van der Waals surface area (Å²) in [5.41, 5.74) is 2.29. The van der Waals surface area contributed by atoms with Gasteiger partial charge in [0.05, 0.1) is 6.10 Å². The Morgan fingerprint density at radius 2 is 1.68 bits per heavy atom. The molecule has 4 rings (SSSR count). The van der Waals surface area contributed by atoms with E-state index in [1.165, 1.54) is 18.1 Å². The van der Waals surface area contributed by atoms with Crippen molar-refractivity contribution in [2.75, 3.05) is 0 Å². The second-order valence-corrected chi connectivity index (χ2v) is 14.5. The van der Waals surface area contributed by atoms with Gasteiger partial charge in [-0.1, -0.05) is 66.5 Å². The predicted octanol–water partition coefficient (Wildman–Crippen LogP) is 6.46. The highest BCUT2D eigenvalue weighted by atomic mass is 16.5. The fourth-order valence-corrected chi connectivity index (χ4v) is 9.93. The first-order valence-electron chi connectivity index (χ1n) is 14.7. The maximum atomic E-state index is 12.9. The number of hydrogen-bond donors (Lipinski definition) is 1. The number of Topliss-reactive ketones (excluding diaryl/α,β-unsaturated/α-hetero) is 2. The van der Waals surface area contributed by atoms with Gasteiger partial charge in [0.15, 0.2) is 11.9 Å². The minimum absolute atomic E-state index is 0.0148. The summed E-state index contributed by atoms with van der Waals surface area (Å²) in [6.07, 6.45) is 5.57. The molecule has 0 unspecified atom stereocenters. The molecule has 37 heavy (non-hydrogen) atoms. The molecule has 4 aliphatic carbocycles. The van der Waals surface area contributed by atoms with Crippen LogP contribution in [-0.4, -0.2) is 34.9 Å². The first kappa shape index (κ1) is 28.5. The predicted molar refractivity (Wildman–Crippen MR) is 145 cm³/mol. The van der Waals surface area contributed by atoms with Crippen molar-refractivity contribution in [1.82, 2.24) is 0 Å². The smallest absolute Gasteiger partial charge is 0.303 e. The van der Waals surface area contributed by atoms with Crippen molar-refractivity contribution in [1.29, 1.82) is 0 Å². The molecule has 1 N–H and O–H groups in total. The van der Waals surface area contributed by atoms with E-state index in [-0.39, 0.29) is 45.2 Å². The normalized spacial score (nSPS) is 40.5. The van der Waals surface area contributed by atoms with Crippen LogP contribution in [0.2, 0.25) is 0 Å². The second-order valence-electron chi connectivity index (χ2n) is 14.5. The number of aliphatic hydroxyl groups excluding tert-OH is 1. The van der Waals surface area contributed by atoms with Crippen molar-refractivity contribution in [3.63, 3.8) is 0 Å². The zero-order chi connectivity index (χ0) is 27.7. The summed E-state index contributed by atoms with van der Waals surface area (Å²) < 4.78 is 5.50. The summed E-state index contributed by atoms with van der Waals surface area (Å²) >= 11 is 0. The molecule has 8 atom stereocenters. The van der Waals surface area contributed by atoms with E-state index in [1.54, 1.807) is 0 Å². The fraction of sp³-hybridized carbons (Fsp3) is 0.844. The molecule has 0 amide bonds. The fourth-order valence-electron chi connectivity index (χ4n) is 9.93. The first-order valence-corrected chi connectivity index (χ1v) is 14.7. The van der Waals surface area contributed by atoms with E-state index in [4.69, 9.17) is 4.74 Å². The van der Waals surface area contributed by atoms with Gasteiger partial charge in [0.2, 0.25) is 0 Å². The molecule has 0 saturated heterocycles. The van der Waals surface area contributed by atoms with Crippen molar-refractivity contribution < 1.29 is 24.2 Å². The Morgan fingerprint density at radius 1 is 1.03 bits per heavy atom. The van der Waals surface area contributed by atoms with Gasteiger partial charge in [-0.3, -0.25) is 14.4 Å². The third-order valence-corrected chi connectivity index (χ3v) is 12.0. The van der Waals surface area contributed by atoms with Gasteiger partial charge in [-0.15, -0.1) is 0 Å². The van der Waals surface area contributed by atoms with E-state index in [2.05, 4.69) is 41.5 Å². The van der Waals surface area contributed by atoms with Gasteiger partial charge in [0.1, 0.15) is 5.78 Å². The third kappa shape index (κ3) is 4.17. The van der Waals surface area contributed by atoms with Gasteiger partial charge in [-0.25, -0.2) is 0 Å². The van der Waals surface area contributed by atoms with Gasteiger partial charge in [0.25, 0.3) is 0 Å². The highest BCUT2D eigenvalue weighted by Gasteiger charge is 2.69. The number of aliphatic hydroxyl groups is 1. The number of ether oxygens (including phenoxy) is 1. The molecular formula is C32H50O5. The molecule has 5 heteroatoms. The SMILES string of the molecule is CC(=O)O[C@@H](C[C@@H](C)C1=C2C[C@H](O)[C@H]3[C@@]4(C)CCC(=O)C(C)(C)[C@@H]4CC[C@]3(C)[C@@]2(C)CC1)C(=O)C(C)C. The van der Waals surface area contributed by atoms with Crippen molar-refractivity contribution in [2.24, 2.45) is 45.3 Å². The monoisotopic (exact) mass is 514 g/mol.